The lowest BCUT2D eigenvalue weighted by Gasteiger charge is -2.16. The zero-order valence-electron chi connectivity index (χ0n) is 10.3. The Hall–Kier alpha value is -2.16. The summed E-state index contributed by atoms with van der Waals surface area (Å²) in [4.78, 5) is 0. The number of nitrogens with two attached hydrogens (primary N) is 1. The van der Waals surface area contributed by atoms with Crippen LogP contribution in [0.3, 0.4) is 0 Å². The van der Waals surface area contributed by atoms with E-state index in [-0.39, 0.29) is 6.04 Å². The smallest absolute Gasteiger partial charge is 0.124 e. The molecule has 3 nitrogen and oxygen atoms in total. The van der Waals surface area contributed by atoms with Crippen molar-refractivity contribution in [2.75, 3.05) is 17.7 Å². The molecule has 1 aliphatic heterocycles. The molecular weight excluding hydrogens is 224 g/mol. The lowest BCUT2D eigenvalue weighted by atomic mass is 10.1. The minimum atomic E-state index is 0.196. The molecule has 1 heterocycles. The summed E-state index contributed by atoms with van der Waals surface area (Å²) in [6.45, 7) is 2.69. The highest BCUT2D eigenvalue weighted by Gasteiger charge is 2.23. The van der Waals surface area contributed by atoms with Crippen LogP contribution in [0.25, 0.3) is 0 Å². The standard InChI is InChI=1S/C15H16N2O/c1-10-12(16)6-4-7-13(10)17-14-9-18-15-8-3-2-5-11(14)15/h2-8,14,17H,9,16H2,1H3. The maximum absolute atomic E-state index is 5.92. The Morgan fingerprint density at radius 1 is 1.17 bits per heavy atom. The first-order chi connectivity index (χ1) is 8.75. The van der Waals surface area contributed by atoms with E-state index in [4.69, 9.17) is 10.5 Å². The molecule has 0 aliphatic carbocycles. The van der Waals surface area contributed by atoms with E-state index in [1.807, 2.05) is 43.3 Å². The summed E-state index contributed by atoms with van der Waals surface area (Å²) in [6, 6.07) is 14.3. The van der Waals surface area contributed by atoms with Gasteiger partial charge in [-0.2, -0.15) is 0 Å². The fourth-order valence-corrected chi connectivity index (χ4v) is 2.28. The molecule has 0 aromatic heterocycles. The van der Waals surface area contributed by atoms with Gasteiger partial charge in [-0.3, -0.25) is 0 Å². The number of rotatable bonds is 2. The number of hydrogen-bond donors (Lipinski definition) is 2. The zero-order valence-corrected chi connectivity index (χ0v) is 10.3. The van der Waals surface area contributed by atoms with Crippen LogP contribution >= 0.6 is 0 Å². The largest absolute Gasteiger partial charge is 0.491 e. The molecule has 2 aromatic rings. The maximum Gasteiger partial charge on any atom is 0.124 e. The number of fused-ring (bicyclic) bond motifs is 1. The van der Waals surface area contributed by atoms with Gasteiger partial charge in [-0.1, -0.05) is 24.3 Å². The molecule has 2 aromatic carbocycles. The van der Waals surface area contributed by atoms with E-state index in [9.17, 15) is 0 Å². The van der Waals surface area contributed by atoms with Gasteiger partial charge in [-0.25, -0.2) is 0 Å². The van der Waals surface area contributed by atoms with Crippen molar-refractivity contribution >= 4 is 11.4 Å². The van der Waals surface area contributed by atoms with Gasteiger partial charge < -0.3 is 15.8 Å². The SMILES string of the molecule is Cc1c(N)cccc1NC1COc2ccccc21. The normalized spacial score (nSPS) is 17.1. The van der Waals surface area contributed by atoms with Gasteiger partial charge in [0.2, 0.25) is 0 Å². The van der Waals surface area contributed by atoms with Crippen LogP contribution < -0.4 is 15.8 Å². The van der Waals surface area contributed by atoms with Crippen LogP contribution in [0.2, 0.25) is 0 Å². The quantitative estimate of drug-likeness (QED) is 0.793. The Labute approximate surface area is 107 Å². The van der Waals surface area contributed by atoms with Gasteiger partial charge in [0, 0.05) is 16.9 Å². The molecule has 0 radical (unpaired) electrons. The first kappa shape index (κ1) is 11.0. The Morgan fingerprint density at radius 3 is 2.89 bits per heavy atom. The van der Waals surface area contributed by atoms with Crippen molar-refractivity contribution in [1.29, 1.82) is 0 Å². The maximum atomic E-state index is 5.92. The molecule has 1 unspecified atom stereocenters. The van der Waals surface area contributed by atoms with Crippen LogP contribution in [-0.2, 0) is 0 Å². The van der Waals surface area contributed by atoms with E-state index in [2.05, 4.69) is 11.4 Å². The molecular formula is C15H16N2O. The predicted octanol–water partition coefficient (Wildman–Crippen LogP) is 3.12. The monoisotopic (exact) mass is 240 g/mol. The average Bonchev–Trinajstić information content (AvgIpc) is 2.79. The summed E-state index contributed by atoms with van der Waals surface area (Å²) in [5.74, 6) is 0.969. The number of nitrogen functional groups attached to an aromatic ring is 1. The van der Waals surface area contributed by atoms with Crippen LogP contribution in [0.1, 0.15) is 17.2 Å². The lowest BCUT2D eigenvalue weighted by Crippen LogP contribution is -2.13. The second-order valence-electron chi connectivity index (χ2n) is 4.57. The highest BCUT2D eigenvalue weighted by atomic mass is 16.5. The van der Waals surface area contributed by atoms with Gasteiger partial charge in [0.1, 0.15) is 12.4 Å². The molecule has 0 bridgehead atoms. The third-order valence-corrected chi connectivity index (χ3v) is 3.41. The number of para-hydroxylation sites is 1. The van der Waals surface area contributed by atoms with Crippen molar-refractivity contribution in [2.45, 2.75) is 13.0 Å². The van der Waals surface area contributed by atoms with Crippen molar-refractivity contribution < 1.29 is 4.74 Å². The number of ether oxygens (including phenoxy) is 1. The second-order valence-corrected chi connectivity index (χ2v) is 4.57. The van der Waals surface area contributed by atoms with Gasteiger partial charge in [-0.15, -0.1) is 0 Å². The van der Waals surface area contributed by atoms with Gasteiger partial charge in [0.05, 0.1) is 6.04 Å². The average molecular weight is 240 g/mol. The number of nitrogens with one attached hydrogen (secondary N) is 1. The number of anilines is 2. The molecule has 0 spiro atoms. The second kappa shape index (κ2) is 4.26. The van der Waals surface area contributed by atoms with Crippen molar-refractivity contribution in [1.82, 2.24) is 0 Å². The molecule has 1 aliphatic rings. The van der Waals surface area contributed by atoms with E-state index in [0.717, 1.165) is 22.7 Å². The summed E-state index contributed by atoms with van der Waals surface area (Å²) in [7, 11) is 0. The molecule has 3 N–H and O–H groups in total. The highest BCUT2D eigenvalue weighted by Crippen LogP contribution is 2.35. The molecule has 0 saturated carbocycles. The van der Waals surface area contributed by atoms with E-state index in [1.54, 1.807) is 0 Å². The van der Waals surface area contributed by atoms with E-state index in [1.165, 1.54) is 5.56 Å². The van der Waals surface area contributed by atoms with Crippen LogP contribution in [0.4, 0.5) is 11.4 Å². The lowest BCUT2D eigenvalue weighted by molar-refractivity contribution is 0.340. The molecule has 0 amide bonds. The van der Waals surface area contributed by atoms with Gasteiger partial charge in [0.15, 0.2) is 0 Å². The Kier molecular flexibility index (Phi) is 2.59. The van der Waals surface area contributed by atoms with Crippen LogP contribution in [-0.4, -0.2) is 6.61 Å². The minimum Gasteiger partial charge on any atom is -0.491 e. The van der Waals surface area contributed by atoms with Crippen LogP contribution in [0.15, 0.2) is 42.5 Å². The topological polar surface area (TPSA) is 47.3 Å². The number of benzene rings is 2. The van der Waals surface area contributed by atoms with Gasteiger partial charge in [-0.05, 0) is 30.7 Å². The van der Waals surface area contributed by atoms with Crippen LogP contribution in [0.5, 0.6) is 5.75 Å². The summed E-state index contributed by atoms with van der Waals surface area (Å²) < 4.78 is 5.66. The fourth-order valence-electron chi connectivity index (χ4n) is 2.28. The first-order valence-electron chi connectivity index (χ1n) is 6.09. The van der Waals surface area contributed by atoms with E-state index >= 15 is 0 Å². The van der Waals surface area contributed by atoms with Crippen molar-refractivity contribution in [3.8, 4) is 5.75 Å². The molecule has 18 heavy (non-hydrogen) atoms. The predicted molar refractivity (Wildman–Crippen MR) is 73.9 cm³/mol. The molecule has 0 saturated heterocycles. The van der Waals surface area contributed by atoms with Crippen LogP contribution in [0, 0.1) is 6.92 Å². The van der Waals surface area contributed by atoms with Gasteiger partial charge in [0.25, 0.3) is 0 Å². The summed E-state index contributed by atoms with van der Waals surface area (Å²) in [5.41, 5.74) is 10.1. The fraction of sp³-hybridized carbons (Fsp3) is 0.200. The van der Waals surface area contributed by atoms with E-state index in [0.29, 0.717) is 6.61 Å². The molecule has 92 valence electrons. The molecule has 3 heteroatoms. The minimum absolute atomic E-state index is 0.196. The van der Waals surface area contributed by atoms with E-state index < -0.39 is 0 Å². The van der Waals surface area contributed by atoms with Gasteiger partial charge >= 0.3 is 0 Å². The number of hydrogen-bond acceptors (Lipinski definition) is 3. The Balaban J connectivity index is 1.89. The Bertz CT molecular complexity index is 580. The molecule has 3 rings (SSSR count). The Morgan fingerprint density at radius 2 is 2.00 bits per heavy atom. The molecule has 1 atom stereocenters. The highest BCUT2D eigenvalue weighted by molar-refractivity contribution is 5.64. The summed E-state index contributed by atoms with van der Waals surface area (Å²) in [5, 5.41) is 3.50. The van der Waals surface area contributed by atoms with Crippen molar-refractivity contribution in [3.05, 3.63) is 53.6 Å². The van der Waals surface area contributed by atoms with Crippen molar-refractivity contribution in [3.63, 3.8) is 0 Å². The first-order valence-corrected chi connectivity index (χ1v) is 6.09. The van der Waals surface area contributed by atoms with Crippen molar-refractivity contribution in [2.24, 2.45) is 0 Å². The zero-order chi connectivity index (χ0) is 12.5. The summed E-state index contributed by atoms with van der Waals surface area (Å²) >= 11 is 0. The third-order valence-electron chi connectivity index (χ3n) is 3.41. The molecule has 0 fully saturated rings. The summed E-state index contributed by atoms with van der Waals surface area (Å²) in [6.07, 6.45) is 0. The third kappa shape index (κ3) is 1.78.